The molecule has 0 spiro atoms. The van der Waals surface area contributed by atoms with Crippen LogP contribution in [0.15, 0.2) is 30.6 Å². The number of rotatable bonds is 1. The Labute approximate surface area is 110 Å². The van der Waals surface area contributed by atoms with Crippen LogP contribution in [0.1, 0.15) is 5.56 Å². The van der Waals surface area contributed by atoms with Gasteiger partial charge in [-0.25, -0.2) is 9.97 Å². The van der Waals surface area contributed by atoms with Crippen LogP contribution >= 0.6 is 23.2 Å². The Morgan fingerprint density at radius 3 is 2.17 bits per heavy atom. The van der Waals surface area contributed by atoms with Gasteiger partial charge < -0.3 is 0 Å². The molecule has 0 aliphatic heterocycles. The SMILES string of the molecule is FC(F)(F)c1cnc(-c2cccc(Cl)c2Cl)nc1. The molecule has 18 heavy (non-hydrogen) atoms. The van der Waals surface area contributed by atoms with E-state index in [-0.39, 0.29) is 15.9 Å². The van der Waals surface area contributed by atoms with E-state index in [1.54, 1.807) is 18.2 Å². The molecule has 7 heteroatoms. The zero-order chi connectivity index (χ0) is 13.3. The number of hydrogen-bond acceptors (Lipinski definition) is 2. The van der Waals surface area contributed by atoms with E-state index in [0.717, 1.165) is 0 Å². The van der Waals surface area contributed by atoms with Crippen molar-refractivity contribution in [2.45, 2.75) is 6.18 Å². The molecule has 0 saturated carbocycles. The van der Waals surface area contributed by atoms with Gasteiger partial charge in [0.25, 0.3) is 0 Å². The minimum Gasteiger partial charge on any atom is -0.236 e. The number of nitrogens with zero attached hydrogens (tertiary/aromatic N) is 2. The number of halogens is 5. The molecule has 0 bridgehead atoms. The predicted octanol–water partition coefficient (Wildman–Crippen LogP) is 4.47. The minimum absolute atomic E-state index is 0.0931. The molecule has 1 aromatic heterocycles. The predicted molar refractivity (Wildman–Crippen MR) is 62.5 cm³/mol. The summed E-state index contributed by atoms with van der Waals surface area (Å²) in [6.07, 6.45) is -3.05. The number of benzene rings is 1. The monoisotopic (exact) mass is 292 g/mol. The summed E-state index contributed by atoms with van der Waals surface area (Å²) < 4.78 is 37.0. The van der Waals surface area contributed by atoms with E-state index in [9.17, 15) is 13.2 Å². The third-order valence-corrected chi connectivity index (χ3v) is 2.99. The fraction of sp³-hybridized carbons (Fsp3) is 0.0909. The van der Waals surface area contributed by atoms with E-state index in [1.807, 2.05) is 0 Å². The molecule has 0 unspecified atom stereocenters. The zero-order valence-corrected chi connectivity index (χ0v) is 10.2. The average molecular weight is 293 g/mol. The molecular weight excluding hydrogens is 288 g/mol. The molecule has 1 heterocycles. The highest BCUT2D eigenvalue weighted by atomic mass is 35.5. The zero-order valence-electron chi connectivity index (χ0n) is 8.67. The Kier molecular flexibility index (Phi) is 3.45. The van der Waals surface area contributed by atoms with Crippen molar-refractivity contribution < 1.29 is 13.2 Å². The van der Waals surface area contributed by atoms with Crippen molar-refractivity contribution in [1.29, 1.82) is 0 Å². The van der Waals surface area contributed by atoms with Crippen LogP contribution in [0.25, 0.3) is 11.4 Å². The van der Waals surface area contributed by atoms with Gasteiger partial charge in [-0.15, -0.1) is 0 Å². The molecule has 0 aliphatic carbocycles. The summed E-state index contributed by atoms with van der Waals surface area (Å²) in [6, 6.07) is 4.76. The molecule has 0 N–H and O–H groups in total. The highest BCUT2D eigenvalue weighted by Crippen LogP contribution is 2.33. The lowest BCUT2D eigenvalue weighted by Crippen LogP contribution is -2.06. The first-order valence-electron chi connectivity index (χ1n) is 4.73. The maximum absolute atomic E-state index is 12.3. The molecular formula is C11H5Cl2F3N2. The van der Waals surface area contributed by atoms with Crippen molar-refractivity contribution >= 4 is 23.2 Å². The number of aromatic nitrogens is 2. The molecule has 2 rings (SSSR count). The molecule has 94 valence electrons. The van der Waals surface area contributed by atoms with Crippen molar-refractivity contribution in [3.63, 3.8) is 0 Å². The van der Waals surface area contributed by atoms with Crippen LogP contribution in [-0.2, 0) is 6.18 Å². The topological polar surface area (TPSA) is 25.8 Å². The van der Waals surface area contributed by atoms with Gasteiger partial charge in [-0.1, -0.05) is 29.3 Å². The van der Waals surface area contributed by atoms with E-state index in [0.29, 0.717) is 18.0 Å². The summed E-state index contributed by atoms with van der Waals surface area (Å²) in [6.45, 7) is 0. The van der Waals surface area contributed by atoms with Gasteiger partial charge in [0.1, 0.15) is 0 Å². The first-order valence-corrected chi connectivity index (χ1v) is 5.49. The van der Waals surface area contributed by atoms with Gasteiger partial charge in [0.05, 0.1) is 15.6 Å². The Morgan fingerprint density at radius 2 is 1.61 bits per heavy atom. The lowest BCUT2D eigenvalue weighted by Gasteiger charge is -2.07. The van der Waals surface area contributed by atoms with Gasteiger partial charge in [-0.05, 0) is 12.1 Å². The van der Waals surface area contributed by atoms with Crippen molar-refractivity contribution in [2.75, 3.05) is 0 Å². The molecule has 0 radical (unpaired) electrons. The van der Waals surface area contributed by atoms with Crippen LogP contribution in [0.3, 0.4) is 0 Å². The quantitative estimate of drug-likeness (QED) is 0.775. The van der Waals surface area contributed by atoms with E-state index >= 15 is 0 Å². The molecule has 2 nitrogen and oxygen atoms in total. The van der Waals surface area contributed by atoms with Gasteiger partial charge in [0, 0.05) is 18.0 Å². The minimum atomic E-state index is -4.46. The number of hydrogen-bond donors (Lipinski definition) is 0. The lowest BCUT2D eigenvalue weighted by atomic mass is 10.2. The van der Waals surface area contributed by atoms with Crippen molar-refractivity contribution in [1.82, 2.24) is 9.97 Å². The third kappa shape index (κ3) is 2.57. The van der Waals surface area contributed by atoms with Crippen LogP contribution in [0, 0.1) is 0 Å². The van der Waals surface area contributed by atoms with Crippen LogP contribution in [-0.4, -0.2) is 9.97 Å². The molecule has 0 aliphatic rings. The average Bonchev–Trinajstić information content (AvgIpc) is 2.32. The second kappa shape index (κ2) is 4.74. The summed E-state index contributed by atoms with van der Waals surface area (Å²) in [4.78, 5) is 7.29. The Balaban J connectivity index is 2.44. The molecule has 1 aromatic carbocycles. The fourth-order valence-electron chi connectivity index (χ4n) is 1.29. The molecule has 0 amide bonds. The first-order chi connectivity index (χ1) is 8.39. The second-order valence-corrected chi connectivity index (χ2v) is 4.18. The fourth-order valence-corrected chi connectivity index (χ4v) is 1.68. The molecule has 0 fully saturated rings. The Hall–Kier alpha value is -1.33. The normalized spacial score (nSPS) is 11.6. The first kappa shape index (κ1) is 13.1. The highest BCUT2D eigenvalue weighted by Gasteiger charge is 2.31. The van der Waals surface area contributed by atoms with Gasteiger partial charge >= 0.3 is 6.18 Å². The van der Waals surface area contributed by atoms with Crippen molar-refractivity contribution in [3.05, 3.63) is 46.2 Å². The van der Waals surface area contributed by atoms with Crippen LogP contribution in [0.2, 0.25) is 10.0 Å². The summed E-state index contributed by atoms with van der Waals surface area (Å²) in [5.74, 6) is 0.0931. The summed E-state index contributed by atoms with van der Waals surface area (Å²) in [5.41, 5.74) is -0.526. The Bertz CT molecular complexity index is 567. The van der Waals surface area contributed by atoms with Crippen LogP contribution in [0.5, 0.6) is 0 Å². The highest BCUT2D eigenvalue weighted by molar-refractivity contribution is 6.43. The second-order valence-electron chi connectivity index (χ2n) is 3.39. The maximum atomic E-state index is 12.3. The van der Waals surface area contributed by atoms with Crippen LogP contribution in [0.4, 0.5) is 13.2 Å². The van der Waals surface area contributed by atoms with E-state index in [2.05, 4.69) is 9.97 Å². The van der Waals surface area contributed by atoms with Gasteiger partial charge in [0.15, 0.2) is 5.82 Å². The third-order valence-electron chi connectivity index (χ3n) is 2.17. The summed E-state index contributed by atoms with van der Waals surface area (Å²) >= 11 is 11.7. The van der Waals surface area contributed by atoms with Crippen molar-refractivity contribution in [2.24, 2.45) is 0 Å². The standard InChI is InChI=1S/C11H5Cl2F3N2/c12-8-3-1-2-7(9(8)13)10-17-4-6(5-18-10)11(14,15)16/h1-5H. The molecule has 2 aromatic rings. The van der Waals surface area contributed by atoms with Gasteiger partial charge in [0.2, 0.25) is 0 Å². The lowest BCUT2D eigenvalue weighted by molar-refractivity contribution is -0.138. The Morgan fingerprint density at radius 1 is 1.00 bits per heavy atom. The summed E-state index contributed by atoms with van der Waals surface area (Å²) in [5, 5.41) is 0.497. The maximum Gasteiger partial charge on any atom is 0.419 e. The van der Waals surface area contributed by atoms with Gasteiger partial charge in [-0.3, -0.25) is 0 Å². The van der Waals surface area contributed by atoms with Crippen molar-refractivity contribution in [3.8, 4) is 11.4 Å². The molecule has 0 saturated heterocycles. The van der Waals surface area contributed by atoms with Crippen LogP contribution < -0.4 is 0 Å². The smallest absolute Gasteiger partial charge is 0.236 e. The van der Waals surface area contributed by atoms with E-state index < -0.39 is 11.7 Å². The van der Waals surface area contributed by atoms with Gasteiger partial charge in [-0.2, -0.15) is 13.2 Å². The number of alkyl halides is 3. The largest absolute Gasteiger partial charge is 0.419 e. The van der Waals surface area contributed by atoms with E-state index in [1.165, 1.54) is 0 Å². The summed E-state index contributed by atoms with van der Waals surface area (Å²) in [7, 11) is 0. The van der Waals surface area contributed by atoms with E-state index in [4.69, 9.17) is 23.2 Å². The molecule has 0 atom stereocenters.